The van der Waals surface area contributed by atoms with E-state index in [2.05, 4.69) is 0 Å². The average Bonchev–Trinajstić information content (AvgIpc) is 3.12. The second kappa shape index (κ2) is 7.09. The Morgan fingerprint density at radius 2 is 1.67 bits per heavy atom. The van der Waals surface area contributed by atoms with E-state index in [1.165, 1.54) is 23.9 Å². The Labute approximate surface area is 159 Å². The number of nitro groups is 1. The highest BCUT2D eigenvalue weighted by Gasteiger charge is 2.12. The summed E-state index contributed by atoms with van der Waals surface area (Å²) in [4.78, 5) is 25.0. The number of non-ortho nitro benzene ring substituents is 1. The Balaban J connectivity index is 1.60. The first kappa shape index (κ1) is 17.1. The van der Waals surface area contributed by atoms with Crippen LogP contribution in [0, 0.1) is 10.1 Å². The van der Waals surface area contributed by atoms with Crippen LogP contribution in [-0.4, -0.2) is 15.4 Å². The fraction of sp³-hybridized carbons (Fsp3) is 0. The van der Waals surface area contributed by atoms with E-state index in [0.29, 0.717) is 5.56 Å². The highest BCUT2D eigenvalue weighted by atomic mass is 32.2. The van der Waals surface area contributed by atoms with Gasteiger partial charge in [-0.15, -0.1) is 0 Å². The van der Waals surface area contributed by atoms with Crippen molar-refractivity contribution in [1.82, 2.24) is 4.57 Å². The molecule has 0 aliphatic heterocycles. The molecule has 0 aliphatic carbocycles. The van der Waals surface area contributed by atoms with E-state index in [1.807, 2.05) is 48.5 Å². The van der Waals surface area contributed by atoms with Gasteiger partial charge in [0.25, 0.3) is 11.6 Å². The summed E-state index contributed by atoms with van der Waals surface area (Å²) in [6.45, 7) is 0. The van der Waals surface area contributed by atoms with Crippen LogP contribution in [0.4, 0.5) is 5.69 Å². The molecule has 0 radical (unpaired) electrons. The molecule has 27 heavy (non-hydrogen) atoms. The molecule has 3 aromatic carbocycles. The molecule has 4 aromatic rings. The van der Waals surface area contributed by atoms with Crippen molar-refractivity contribution in [3.05, 3.63) is 101 Å². The molecule has 5 nitrogen and oxygen atoms in total. The molecule has 4 rings (SSSR count). The third-order valence-corrected chi connectivity index (χ3v) is 5.18. The lowest BCUT2D eigenvalue weighted by molar-refractivity contribution is -0.384. The van der Waals surface area contributed by atoms with Gasteiger partial charge in [0, 0.05) is 39.1 Å². The minimum Gasteiger partial charge on any atom is -0.283 e. The van der Waals surface area contributed by atoms with Crippen molar-refractivity contribution in [1.29, 1.82) is 0 Å². The van der Waals surface area contributed by atoms with Crippen molar-refractivity contribution < 1.29 is 9.72 Å². The van der Waals surface area contributed by atoms with Gasteiger partial charge in [0.2, 0.25) is 0 Å². The zero-order valence-electron chi connectivity index (χ0n) is 14.1. The minimum absolute atomic E-state index is 0.0581. The van der Waals surface area contributed by atoms with E-state index in [-0.39, 0.29) is 11.6 Å². The summed E-state index contributed by atoms with van der Waals surface area (Å²) in [6, 6.07) is 23.4. The van der Waals surface area contributed by atoms with Crippen LogP contribution in [0.15, 0.2) is 94.9 Å². The fourth-order valence-electron chi connectivity index (χ4n) is 2.86. The first-order chi connectivity index (χ1) is 13.1. The van der Waals surface area contributed by atoms with Crippen LogP contribution in [0.5, 0.6) is 0 Å². The third-order valence-electron chi connectivity index (χ3n) is 4.18. The number of para-hydroxylation sites is 1. The molecule has 1 heterocycles. The molecule has 0 bridgehead atoms. The predicted octanol–water partition coefficient (Wildman–Crippen LogP) is 5.39. The largest absolute Gasteiger partial charge is 0.283 e. The summed E-state index contributed by atoms with van der Waals surface area (Å²) in [7, 11) is 0. The number of aromatic nitrogens is 1. The highest BCUT2D eigenvalue weighted by molar-refractivity contribution is 7.99. The van der Waals surface area contributed by atoms with Gasteiger partial charge in [0.1, 0.15) is 0 Å². The SMILES string of the molecule is O=C(c1cccc(Sc2ccc([N+](=O)[O-])cc2)c1)n1ccc2ccccc21. The molecular formula is C21H14N2O3S. The Morgan fingerprint density at radius 3 is 2.44 bits per heavy atom. The van der Waals surface area contributed by atoms with E-state index >= 15 is 0 Å². The normalized spacial score (nSPS) is 10.8. The van der Waals surface area contributed by atoms with Crippen molar-refractivity contribution in [2.75, 3.05) is 0 Å². The van der Waals surface area contributed by atoms with E-state index in [4.69, 9.17) is 0 Å². The summed E-state index contributed by atoms with van der Waals surface area (Å²) >= 11 is 1.46. The Bertz CT molecular complexity index is 1150. The zero-order chi connectivity index (χ0) is 18.8. The molecule has 0 atom stereocenters. The molecule has 0 fully saturated rings. The number of nitro benzene ring substituents is 1. The molecular weight excluding hydrogens is 360 g/mol. The molecule has 0 N–H and O–H groups in total. The van der Waals surface area contributed by atoms with Crippen LogP contribution in [0.1, 0.15) is 10.4 Å². The monoisotopic (exact) mass is 374 g/mol. The van der Waals surface area contributed by atoms with Gasteiger partial charge in [-0.25, -0.2) is 0 Å². The molecule has 0 amide bonds. The van der Waals surface area contributed by atoms with Crippen LogP contribution in [0.3, 0.4) is 0 Å². The first-order valence-corrected chi connectivity index (χ1v) is 9.07. The van der Waals surface area contributed by atoms with Gasteiger partial charge >= 0.3 is 0 Å². The number of rotatable bonds is 4. The molecule has 132 valence electrons. The number of hydrogen-bond donors (Lipinski definition) is 0. The summed E-state index contributed by atoms with van der Waals surface area (Å²) in [5, 5.41) is 11.8. The smallest absolute Gasteiger partial charge is 0.269 e. The Morgan fingerprint density at radius 1 is 0.889 bits per heavy atom. The van der Waals surface area contributed by atoms with Crippen molar-refractivity contribution in [2.45, 2.75) is 9.79 Å². The van der Waals surface area contributed by atoms with Gasteiger partial charge in [-0.3, -0.25) is 19.5 Å². The van der Waals surface area contributed by atoms with E-state index in [0.717, 1.165) is 20.7 Å². The molecule has 0 spiro atoms. The maximum Gasteiger partial charge on any atom is 0.269 e. The topological polar surface area (TPSA) is 65.1 Å². The molecule has 0 saturated heterocycles. The molecule has 0 aliphatic rings. The molecule has 6 heteroatoms. The molecule has 0 saturated carbocycles. The van der Waals surface area contributed by atoms with Crippen LogP contribution in [0.2, 0.25) is 0 Å². The van der Waals surface area contributed by atoms with E-state index in [9.17, 15) is 14.9 Å². The molecule has 0 unspecified atom stereocenters. The van der Waals surface area contributed by atoms with Crippen LogP contribution in [-0.2, 0) is 0 Å². The highest BCUT2D eigenvalue weighted by Crippen LogP contribution is 2.30. The maximum atomic E-state index is 12.9. The summed E-state index contributed by atoms with van der Waals surface area (Å²) < 4.78 is 1.64. The summed E-state index contributed by atoms with van der Waals surface area (Å²) in [5.74, 6) is -0.0950. The number of hydrogen-bond acceptors (Lipinski definition) is 4. The number of carbonyl (C=O) groups excluding carboxylic acids is 1. The van der Waals surface area contributed by atoms with Crippen molar-refractivity contribution in [3.63, 3.8) is 0 Å². The lowest BCUT2D eigenvalue weighted by Gasteiger charge is -2.07. The summed E-state index contributed by atoms with van der Waals surface area (Å²) in [5.41, 5.74) is 1.52. The zero-order valence-corrected chi connectivity index (χ0v) is 14.9. The lowest BCUT2D eigenvalue weighted by Crippen LogP contribution is -2.10. The molecule has 1 aromatic heterocycles. The van der Waals surface area contributed by atoms with Gasteiger partial charge in [0.05, 0.1) is 10.4 Å². The van der Waals surface area contributed by atoms with Crippen LogP contribution < -0.4 is 0 Å². The van der Waals surface area contributed by atoms with Gasteiger partial charge in [-0.2, -0.15) is 0 Å². The standard InChI is InChI=1S/C21H14N2O3S/c24-21(22-13-12-15-4-1-2-7-20(15)22)16-5-3-6-19(14-16)27-18-10-8-17(9-11-18)23(25)26/h1-14H. The van der Waals surface area contributed by atoms with Gasteiger partial charge < -0.3 is 0 Å². The van der Waals surface area contributed by atoms with Crippen molar-refractivity contribution in [3.8, 4) is 0 Å². The third kappa shape index (κ3) is 3.47. The predicted molar refractivity (Wildman–Crippen MR) is 105 cm³/mol. The van der Waals surface area contributed by atoms with E-state index < -0.39 is 4.92 Å². The Hall–Kier alpha value is -3.38. The van der Waals surface area contributed by atoms with Gasteiger partial charge in [-0.1, -0.05) is 36.0 Å². The number of carbonyl (C=O) groups is 1. The van der Waals surface area contributed by atoms with Crippen molar-refractivity contribution >= 4 is 34.3 Å². The van der Waals surface area contributed by atoms with Gasteiger partial charge in [-0.05, 0) is 42.5 Å². The first-order valence-electron chi connectivity index (χ1n) is 8.25. The quantitative estimate of drug-likeness (QED) is 0.355. The number of nitrogens with zero attached hydrogens (tertiary/aromatic N) is 2. The maximum absolute atomic E-state index is 12.9. The van der Waals surface area contributed by atoms with Gasteiger partial charge in [0.15, 0.2) is 0 Å². The average molecular weight is 374 g/mol. The Kier molecular flexibility index (Phi) is 4.48. The second-order valence-corrected chi connectivity index (χ2v) is 7.08. The van der Waals surface area contributed by atoms with E-state index in [1.54, 1.807) is 29.0 Å². The summed E-state index contributed by atoms with van der Waals surface area (Å²) in [6.07, 6.45) is 1.78. The second-order valence-electron chi connectivity index (χ2n) is 5.93. The van der Waals surface area contributed by atoms with Crippen LogP contribution >= 0.6 is 11.8 Å². The minimum atomic E-state index is -0.421. The number of benzene rings is 3. The number of fused-ring (bicyclic) bond motifs is 1. The fourth-order valence-corrected chi connectivity index (χ4v) is 3.74. The van der Waals surface area contributed by atoms with Crippen molar-refractivity contribution in [2.24, 2.45) is 0 Å². The lowest BCUT2D eigenvalue weighted by atomic mass is 10.2. The van der Waals surface area contributed by atoms with Crippen LogP contribution in [0.25, 0.3) is 10.9 Å².